The van der Waals surface area contributed by atoms with Crippen LogP contribution in [-0.4, -0.2) is 17.7 Å². The minimum Gasteiger partial charge on any atom is -0.286 e. The highest BCUT2D eigenvalue weighted by atomic mass is 35.5. The van der Waals surface area contributed by atoms with Crippen molar-refractivity contribution in [2.24, 2.45) is 0 Å². The minimum absolute atomic E-state index is 0.657. The second-order valence-corrected chi connectivity index (χ2v) is 6.92. The molecular weight excluding hydrogens is 230 g/mol. The van der Waals surface area contributed by atoms with Gasteiger partial charge in [-0.05, 0) is 12.8 Å². The summed E-state index contributed by atoms with van der Waals surface area (Å²) in [6.45, 7) is 5.30. The van der Waals surface area contributed by atoms with Crippen LogP contribution in [0, 0.1) is 0 Å². The molecule has 0 aliphatic heterocycles. The number of nitrogens with one attached hydrogen (secondary N) is 2. The first kappa shape index (κ1) is 13.7. The number of rotatable bonds is 7. The highest BCUT2D eigenvalue weighted by Gasteiger charge is 2.28. The van der Waals surface area contributed by atoms with E-state index in [0.29, 0.717) is 13.1 Å². The second-order valence-electron chi connectivity index (χ2n) is 2.75. The Morgan fingerprint density at radius 3 is 1.77 bits per heavy atom. The average Bonchev–Trinajstić information content (AvgIpc) is 2.11. The molecule has 0 unspecified atom stereocenters. The van der Waals surface area contributed by atoms with Gasteiger partial charge < -0.3 is 0 Å². The van der Waals surface area contributed by atoms with Crippen LogP contribution in [0.5, 0.6) is 0 Å². The van der Waals surface area contributed by atoms with Gasteiger partial charge in [0.2, 0.25) is 7.44 Å². The maximum absolute atomic E-state index is 11.9. The molecule has 0 atom stereocenters. The van der Waals surface area contributed by atoms with E-state index in [0.717, 1.165) is 12.8 Å². The van der Waals surface area contributed by atoms with Gasteiger partial charge in [-0.25, -0.2) is 0 Å². The van der Waals surface area contributed by atoms with Crippen molar-refractivity contribution in [3.8, 4) is 0 Å². The Hall–Kier alpha value is 0.730. The average molecular weight is 247 g/mol. The molecule has 13 heavy (non-hydrogen) atoms. The quantitative estimate of drug-likeness (QED) is 0.536. The van der Waals surface area contributed by atoms with Crippen LogP contribution in [-0.2, 0) is 4.57 Å². The van der Waals surface area contributed by atoms with Crippen LogP contribution in [0.25, 0.3) is 0 Å². The van der Waals surface area contributed by atoms with Gasteiger partial charge >= 0.3 is 0 Å². The smallest absolute Gasteiger partial charge is 0.243 e. The number of halogens is 2. The SMILES string of the molecule is CCCNP(=O)(NCCC)C(Cl)Cl. The van der Waals surface area contributed by atoms with E-state index < -0.39 is 12.0 Å². The molecule has 0 amide bonds. The first-order valence-electron chi connectivity index (χ1n) is 4.45. The Labute approximate surface area is 90.0 Å². The molecular formula is C7H17Cl2N2OP. The third-order valence-electron chi connectivity index (χ3n) is 1.47. The Kier molecular flexibility index (Phi) is 7.48. The van der Waals surface area contributed by atoms with Gasteiger partial charge in [0.15, 0.2) is 4.58 Å². The molecule has 0 bridgehead atoms. The molecule has 0 radical (unpaired) electrons. The summed E-state index contributed by atoms with van der Waals surface area (Å²) < 4.78 is 11.1. The van der Waals surface area contributed by atoms with Crippen LogP contribution in [0.15, 0.2) is 0 Å². The van der Waals surface area contributed by atoms with Crippen LogP contribution in [0.1, 0.15) is 26.7 Å². The molecule has 0 heterocycles. The van der Waals surface area contributed by atoms with Crippen molar-refractivity contribution in [2.45, 2.75) is 31.3 Å². The van der Waals surface area contributed by atoms with Gasteiger partial charge in [0.1, 0.15) is 0 Å². The molecule has 3 nitrogen and oxygen atoms in total. The third kappa shape index (κ3) is 5.24. The zero-order valence-electron chi connectivity index (χ0n) is 8.02. The summed E-state index contributed by atoms with van der Waals surface area (Å²) in [7, 11) is -2.79. The lowest BCUT2D eigenvalue weighted by molar-refractivity contribution is 0.553. The Balaban J connectivity index is 4.09. The molecule has 0 aliphatic rings. The van der Waals surface area contributed by atoms with Crippen LogP contribution in [0.4, 0.5) is 0 Å². The van der Waals surface area contributed by atoms with Crippen LogP contribution >= 0.6 is 30.6 Å². The lowest BCUT2D eigenvalue weighted by Gasteiger charge is -2.21. The number of alkyl halides is 2. The van der Waals surface area contributed by atoms with Gasteiger partial charge in [-0.2, -0.15) is 0 Å². The molecule has 0 aliphatic carbocycles. The first-order valence-corrected chi connectivity index (χ1v) is 7.09. The van der Waals surface area contributed by atoms with E-state index in [1.54, 1.807) is 0 Å². The summed E-state index contributed by atoms with van der Waals surface area (Å²) in [6, 6.07) is 0. The van der Waals surface area contributed by atoms with E-state index >= 15 is 0 Å². The van der Waals surface area contributed by atoms with Crippen LogP contribution in [0.2, 0.25) is 0 Å². The first-order chi connectivity index (χ1) is 6.06. The summed E-state index contributed by atoms with van der Waals surface area (Å²) in [5, 5.41) is 5.72. The fourth-order valence-corrected chi connectivity index (χ4v) is 3.08. The maximum Gasteiger partial charge on any atom is 0.243 e. The molecule has 0 fully saturated rings. The Bertz CT molecular complexity index is 166. The standard InChI is InChI=1S/C7H17Cl2N2OP/c1-3-5-10-13(12,7(8)9)11-6-4-2/h7H,3-6H2,1-2H3,(H2,10,11,12). The topological polar surface area (TPSA) is 41.1 Å². The molecule has 0 saturated heterocycles. The van der Waals surface area contributed by atoms with Crippen molar-refractivity contribution in [3.63, 3.8) is 0 Å². The lowest BCUT2D eigenvalue weighted by atomic mass is 10.5. The predicted octanol–water partition coefficient (Wildman–Crippen LogP) is 2.94. The molecule has 0 spiro atoms. The van der Waals surface area contributed by atoms with Crippen LogP contribution in [0.3, 0.4) is 0 Å². The van der Waals surface area contributed by atoms with E-state index in [-0.39, 0.29) is 0 Å². The Morgan fingerprint density at radius 1 is 1.15 bits per heavy atom. The summed E-state index contributed by atoms with van der Waals surface area (Å²) in [5.41, 5.74) is 0. The fourth-order valence-electron chi connectivity index (χ4n) is 0.750. The normalized spacial score (nSPS) is 12.4. The Morgan fingerprint density at radius 2 is 1.54 bits per heavy atom. The molecule has 6 heteroatoms. The lowest BCUT2D eigenvalue weighted by Crippen LogP contribution is -2.27. The van der Waals surface area contributed by atoms with Crippen molar-refractivity contribution in [1.82, 2.24) is 10.2 Å². The summed E-state index contributed by atoms with van der Waals surface area (Å²) in [5.74, 6) is 0. The largest absolute Gasteiger partial charge is 0.286 e. The van der Waals surface area contributed by atoms with Crippen molar-refractivity contribution in [1.29, 1.82) is 0 Å². The predicted molar refractivity (Wildman–Crippen MR) is 59.7 cm³/mol. The summed E-state index contributed by atoms with van der Waals surface area (Å²) >= 11 is 11.3. The number of hydrogen-bond donors (Lipinski definition) is 2. The molecule has 2 N–H and O–H groups in total. The molecule has 80 valence electrons. The van der Waals surface area contributed by atoms with Gasteiger partial charge in [0.25, 0.3) is 0 Å². The van der Waals surface area contributed by atoms with E-state index in [2.05, 4.69) is 10.2 Å². The molecule has 0 aromatic carbocycles. The second kappa shape index (κ2) is 7.08. The fraction of sp³-hybridized carbons (Fsp3) is 1.00. The molecule has 0 aromatic rings. The van der Waals surface area contributed by atoms with E-state index in [1.165, 1.54) is 0 Å². The van der Waals surface area contributed by atoms with Gasteiger partial charge in [-0.15, -0.1) is 0 Å². The van der Waals surface area contributed by atoms with Gasteiger partial charge in [-0.1, -0.05) is 37.0 Å². The molecule has 0 saturated carbocycles. The highest BCUT2D eigenvalue weighted by molar-refractivity contribution is 7.64. The van der Waals surface area contributed by atoms with E-state index in [4.69, 9.17) is 23.2 Å². The van der Waals surface area contributed by atoms with Gasteiger partial charge in [0, 0.05) is 13.1 Å². The molecule has 0 rings (SSSR count). The van der Waals surface area contributed by atoms with Gasteiger partial charge in [-0.3, -0.25) is 14.7 Å². The highest BCUT2D eigenvalue weighted by Crippen LogP contribution is 2.46. The summed E-state index contributed by atoms with van der Waals surface area (Å²) in [6.07, 6.45) is 1.80. The van der Waals surface area contributed by atoms with Crippen molar-refractivity contribution < 1.29 is 4.57 Å². The van der Waals surface area contributed by atoms with Crippen molar-refractivity contribution >= 4 is 30.6 Å². The monoisotopic (exact) mass is 246 g/mol. The van der Waals surface area contributed by atoms with E-state index in [9.17, 15) is 4.57 Å². The van der Waals surface area contributed by atoms with Crippen molar-refractivity contribution in [2.75, 3.05) is 13.1 Å². The van der Waals surface area contributed by atoms with Crippen LogP contribution < -0.4 is 10.2 Å². The summed E-state index contributed by atoms with van der Waals surface area (Å²) in [4.78, 5) is 0. The zero-order valence-corrected chi connectivity index (χ0v) is 10.4. The number of hydrogen-bond acceptors (Lipinski definition) is 1. The zero-order chi connectivity index (χ0) is 10.3. The molecule has 0 aromatic heterocycles. The minimum atomic E-state index is -2.79. The van der Waals surface area contributed by atoms with E-state index in [1.807, 2.05) is 13.8 Å². The van der Waals surface area contributed by atoms with Gasteiger partial charge in [0.05, 0.1) is 0 Å². The maximum atomic E-state index is 11.9. The third-order valence-corrected chi connectivity index (χ3v) is 5.05. The van der Waals surface area contributed by atoms with Crippen molar-refractivity contribution in [3.05, 3.63) is 0 Å².